The van der Waals surface area contributed by atoms with E-state index in [2.05, 4.69) is 15.2 Å². The number of hydrazone groups is 1. The van der Waals surface area contributed by atoms with Crippen molar-refractivity contribution in [3.63, 3.8) is 0 Å². The molecule has 3 aromatic rings. The molecule has 0 heterocycles. The molecule has 0 aliphatic rings. The van der Waals surface area contributed by atoms with Gasteiger partial charge in [-0.2, -0.15) is 5.10 Å². The van der Waals surface area contributed by atoms with Gasteiger partial charge in [0.2, 0.25) is 0 Å². The van der Waals surface area contributed by atoms with E-state index in [1.54, 1.807) is 36.4 Å². The number of ether oxygens (including phenoxy) is 3. The monoisotopic (exact) mass is 486 g/mol. The van der Waals surface area contributed by atoms with Crippen LogP contribution in [0.1, 0.15) is 5.56 Å². The lowest BCUT2D eigenvalue weighted by Gasteiger charge is -2.12. The molecule has 12 heteroatoms. The molecule has 2 N–H and O–H groups in total. The fourth-order valence-electron chi connectivity index (χ4n) is 2.97. The van der Waals surface area contributed by atoms with Gasteiger partial charge in [-0.15, -0.1) is 0 Å². The molecule has 0 amide bonds. The minimum Gasteiger partial charge on any atom is -0.495 e. The van der Waals surface area contributed by atoms with Gasteiger partial charge in [-0.05, 0) is 48.0 Å². The van der Waals surface area contributed by atoms with E-state index in [0.29, 0.717) is 22.8 Å². The number of rotatable bonds is 10. The number of benzene rings is 3. The molecule has 0 aliphatic carbocycles. The fraction of sp³-hybridized carbons (Fsp3) is 0.136. The zero-order chi connectivity index (χ0) is 24.7. The number of nitrogens with one attached hydrogen (secondary N) is 2. The van der Waals surface area contributed by atoms with Crippen LogP contribution in [0.4, 0.5) is 17.1 Å². The van der Waals surface area contributed by atoms with Crippen molar-refractivity contribution in [3.05, 3.63) is 76.3 Å². The van der Waals surface area contributed by atoms with Crippen molar-refractivity contribution in [3.8, 4) is 17.2 Å². The second-order valence-corrected chi connectivity index (χ2v) is 8.41. The lowest BCUT2D eigenvalue weighted by molar-refractivity contribution is -0.384. The van der Waals surface area contributed by atoms with Crippen molar-refractivity contribution in [2.45, 2.75) is 4.90 Å². The molecule has 3 rings (SSSR count). The molecule has 0 aromatic heterocycles. The van der Waals surface area contributed by atoms with Gasteiger partial charge in [0, 0.05) is 6.07 Å². The molecule has 3 aromatic carbocycles. The Morgan fingerprint density at radius 3 is 2.26 bits per heavy atom. The third-order valence-corrected chi connectivity index (χ3v) is 6.00. The zero-order valence-corrected chi connectivity index (χ0v) is 19.3. The minimum absolute atomic E-state index is 0.0120. The maximum atomic E-state index is 12.8. The third-order valence-electron chi connectivity index (χ3n) is 4.63. The molecule has 0 saturated carbocycles. The number of nitro groups is 1. The van der Waals surface area contributed by atoms with Crippen LogP contribution in [-0.2, 0) is 10.0 Å². The van der Waals surface area contributed by atoms with Gasteiger partial charge in [0.1, 0.15) is 11.4 Å². The van der Waals surface area contributed by atoms with E-state index in [1.165, 1.54) is 45.7 Å². The van der Waals surface area contributed by atoms with E-state index in [1.807, 2.05) is 0 Å². The van der Waals surface area contributed by atoms with E-state index >= 15 is 0 Å². The lowest BCUT2D eigenvalue weighted by Crippen LogP contribution is -2.14. The standard InChI is InChI=1S/C22H22N4O7S/c1-31-20-7-5-4-6-18(20)25-34(29,30)16-9-10-17(19(13-16)26(27)28)24-23-14-15-8-11-21(32-2)22(12-15)33-3/h4-14,24-25H,1-3H3/b23-14-. The number of methoxy groups -OCH3 is 3. The van der Waals surface area contributed by atoms with Crippen LogP contribution in [0, 0.1) is 10.1 Å². The summed E-state index contributed by atoms with van der Waals surface area (Å²) in [4.78, 5) is 10.6. The Balaban J connectivity index is 1.84. The predicted molar refractivity (Wildman–Crippen MR) is 128 cm³/mol. The number of hydrogen-bond donors (Lipinski definition) is 2. The Hall–Kier alpha value is -4.32. The van der Waals surface area contributed by atoms with Crippen molar-refractivity contribution in [1.29, 1.82) is 0 Å². The topological polar surface area (TPSA) is 141 Å². The molecule has 0 saturated heterocycles. The van der Waals surface area contributed by atoms with Crippen LogP contribution in [0.5, 0.6) is 17.2 Å². The summed E-state index contributed by atoms with van der Waals surface area (Å²) in [6.07, 6.45) is 1.43. The molecule has 0 radical (unpaired) electrons. The summed E-state index contributed by atoms with van der Waals surface area (Å²) >= 11 is 0. The SMILES string of the molecule is COc1ccccc1NS(=O)(=O)c1ccc(N/N=C\c2ccc(OC)c(OC)c2)c([N+](=O)[O-])c1. The maximum Gasteiger partial charge on any atom is 0.295 e. The Morgan fingerprint density at radius 1 is 0.882 bits per heavy atom. The summed E-state index contributed by atoms with van der Waals surface area (Å²) in [6.45, 7) is 0. The van der Waals surface area contributed by atoms with Crippen molar-refractivity contribution in [2.24, 2.45) is 5.10 Å². The van der Waals surface area contributed by atoms with Gasteiger partial charge in [0.05, 0.1) is 43.1 Å². The zero-order valence-electron chi connectivity index (χ0n) is 18.5. The van der Waals surface area contributed by atoms with E-state index in [4.69, 9.17) is 14.2 Å². The van der Waals surface area contributed by atoms with Crippen LogP contribution in [0.2, 0.25) is 0 Å². The second-order valence-electron chi connectivity index (χ2n) is 6.73. The molecule has 178 valence electrons. The van der Waals surface area contributed by atoms with E-state index in [-0.39, 0.29) is 16.3 Å². The van der Waals surface area contributed by atoms with E-state index < -0.39 is 20.6 Å². The molecule has 0 atom stereocenters. The number of nitrogens with zero attached hydrogens (tertiary/aromatic N) is 2. The van der Waals surface area contributed by atoms with Gasteiger partial charge >= 0.3 is 0 Å². The Labute approximate surface area is 196 Å². The lowest BCUT2D eigenvalue weighted by atomic mass is 10.2. The molecule has 11 nitrogen and oxygen atoms in total. The summed E-state index contributed by atoms with van der Waals surface area (Å²) < 4.78 is 43.5. The molecule has 34 heavy (non-hydrogen) atoms. The summed E-state index contributed by atoms with van der Waals surface area (Å²) in [5, 5.41) is 15.6. The largest absolute Gasteiger partial charge is 0.495 e. The van der Waals surface area contributed by atoms with Crippen molar-refractivity contribution < 1.29 is 27.6 Å². The van der Waals surface area contributed by atoms with Gasteiger partial charge in [-0.1, -0.05) is 12.1 Å². The quantitative estimate of drug-likeness (QED) is 0.250. The van der Waals surface area contributed by atoms with Crippen LogP contribution < -0.4 is 24.4 Å². The summed E-state index contributed by atoms with van der Waals surface area (Å²) in [6, 6.07) is 15.0. The summed E-state index contributed by atoms with van der Waals surface area (Å²) in [7, 11) is 0.295. The van der Waals surface area contributed by atoms with Crippen LogP contribution in [-0.4, -0.2) is 40.9 Å². The first kappa shape index (κ1) is 24.3. The Bertz CT molecular complexity index is 1330. The average molecular weight is 487 g/mol. The number of hydrogen-bond acceptors (Lipinski definition) is 9. The molecular formula is C22H22N4O7S. The Morgan fingerprint density at radius 2 is 1.59 bits per heavy atom. The number of sulfonamides is 1. The van der Waals surface area contributed by atoms with E-state index in [0.717, 1.165) is 6.07 Å². The Kier molecular flexibility index (Phi) is 7.53. The second kappa shape index (κ2) is 10.5. The molecule has 0 unspecified atom stereocenters. The minimum atomic E-state index is -4.12. The van der Waals surface area contributed by atoms with E-state index in [9.17, 15) is 18.5 Å². The number of nitro benzene ring substituents is 1. The highest BCUT2D eigenvalue weighted by molar-refractivity contribution is 7.92. The van der Waals surface area contributed by atoms with Crippen molar-refractivity contribution in [1.82, 2.24) is 0 Å². The normalized spacial score (nSPS) is 11.1. The number of para-hydroxylation sites is 2. The van der Waals surface area contributed by atoms with Crippen molar-refractivity contribution >= 4 is 33.3 Å². The average Bonchev–Trinajstić information content (AvgIpc) is 2.84. The summed E-state index contributed by atoms with van der Waals surface area (Å²) in [5.41, 5.74) is 2.97. The highest BCUT2D eigenvalue weighted by atomic mass is 32.2. The first-order valence-electron chi connectivity index (χ1n) is 9.74. The predicted octanol–water partition coefficient (Wildman–Crippen LogP) is 3.87. The number of anilines is 2. The molecule has 0 fully saturated rings. The van der Waals surface area contributed by atoms with Gasteiger partial charge in [-0.3, -0.25) is 20.3 Å². The van der Waals surface area contributed by atoms with Gasteiger partial charge in [0.15, 0.2) is 11.5 Å². The smallest absolute Gasteiger partial charge is 0.295 e. The van der Waals surface area contributed by atoms with Gasteiger partial charge in [0.25, 0.3) is 15.7 Å². The van der Waals surface area contributed by atoms with Crippen molar-refractivity contribution in [2.75, 3.05) is 31.5 Å². The fourth-order valence-corrected chi connectivity index (χ4v) is 4.06. The van der Waals surface area contributed by atoms with Crippen LogP contribution in [0.15, 0.2) is 70.7 Å². The van der Waals surface area contributed by atoms with Gasteiger partial charge in [-0.25, -0.2) is 8.42 Å². The first-order valence-corrected chi connectivity index (χ1v) is 11.2. The molecule has 0 aliphatic heterocycles. The molecule has 0 spiro atoms. The summed E-state index contributed by atoms with van der Waals surface area (Å²) in [5.74, 6) is 1.35. The third kappa shape index (κ3) is 5.53. The highest BCUT2D eigenvalue weighted by Crippen LogP contribution is 2.31. The van der Waals surface area contributed by atoms with Gasteiger partial charge < -0.3 is 14.2 Å². The van der Waals surface area contributed by atoms with Crippen LogP contribution in [0.25, 0.3) is 0 Å². The highest BCUT2D eigenvalue weighted by Gasteiger charge is 2.22. The first-order chi connectivity index (χ1) is 16.3. The molecular weight excluding hydrogens is 464 g/mol. The maximum absolute atomic E-state index is 12.8. The molecule has 0 bridgehead atoms. The van der Waals surface area contributed by atoms with Crippen LogP contribution in [0.3, 0.4) is 0 Å². The van der Waals surface area contributed by atoms with Crippen LogP contribution >= 0.6 is 0 Å².